The van der Waals surface area contributed by atoms with Gasteiger partial charge in [0.05, 0.1) is 22.6 Å². The fourth-order valence-electron chi connectivity index (χ4n) is 1.54. The van der Waals surface area contributed by atoms with Gasteiger partial charge in [0.25, 0.3) is 0 Å². The maximum Gasteiger partial charge on any atom is 0.673 e. The summed E-state index contributed by atoms with van der Waals surface area (Å²) in [6.07, 6.45) is 0. The van der Waals surface area contributed by atoms with Crippen molar-refractivity contribution in [1.29, 1.82) is 0 Å². The van der Waals surface area contributed by atoms with Crippen LogP contribution in [0.5, 0.6) is 0 Å². The average molecular weight is 412 g/mol. The Labute approximate surface area is 145 Å². The molecule has 0 nitrogen and oxygen atoms in total. The van der Waals surface area contributed by atoms with Crippen LogP contribution in [0.2, 0.25) is 0 Å². The Bertz CT molecular complexity index is 206. The largest absolute Gasteiger partial charge is 0.673 e. The van der Waals surface area contributed by atoms with Crippen molar-refractivity contribution >= 4 is 31.7 Å². The Morgan fingerprint density at radius 1 is 0.417 bits per heavy atom. The summed E-state index contributed by atoms with van der Waals surface area (Å²) in [5, 5.41) is 0. The van der Waals surface area contributed by atoms with Crippen LogP contribution in [0.15, 0.2) is 0 Å². The Morgan fingerprint density at radius 3 is 0.500 bits per heavy atom. The summed E-state index contributed by atoms with van der Waals surface area (Å²) in [7, 11) is -10.6. The second kappa shape index (κ2) is 16.9. The second-order valence-electron chi connectivity index (χ2n) is 6.35. The molecule has 0 spiro atoms. The summed E-state index contributed by atoms with van der Waals surface area (Å²) in [6.45, 7) is 18.4. The third kappa shape index (κ3) is 145. The van der Waals surface area contributed by atoms with Crippen molar-refractivity contribution in [2.75, 3.05) is 0 Å². The minimum atomic E-state index is -6.00. The van der Waals surface area contributed by atoms with E-state index in [1.807, 2.05) is 0 Å². The van der Waals surface area contributed by atoms with Gasteiger partial charge in [-0.05, 0) is 72.6 Å². The molecule has 0 aliphatic heterocycles. The molecule has 0 radical (unpaired) electrons. The predicted molar refractivity (Wildman–Crippen MR) is 100 cm³/mol. The van der Waals surface area contributed by atoms with Gasteiger partial charge < -0.3 is 34.5 Å². The van der Waals surface area contributed by atoms with Gasteiger partial charge in [0.15, 0.2) is 0 Å². The van der Waals surface area contributed by atoms with Crippen LogP contribution in [0.25, 0.3) is 0 Å². The summed E-state index contributed by atoms with van der Waals surface area (Å²) in [5.74, 6) is 0. The van der Waals surface area contributed by atoms with Crippen LogP contribution >= 0.6 is 17.2 Å². The van der Waals surface area contributed by atoms with Gasteiger partial charge in [-0.15, -0.1) is 0 Å². The Hall–Kier alpha value is 0.430. The van der Waals surface area contributed by atoms with Crippen LogP contribution in [-0.2, 0) is 0 Å². The third-order valence-electron chi connectivity index (χ3n) is 1.54. The average Bonchev–Trinajstić information content (AvgIpc) is 2.05. The molecule has 0 bridgehead atoms. The zero-order valence-corrected chi connectivity index (χ0v) is 18.0. The number of rotatable bonds is 4. The lowest BCUT2D eigenvalue weighted by molar-refractivity contribution is 0.366. The molecule has 0 atom stereocenters. The van der Waals surface area contributed by atoms with E-state index in [0.29, 0.717) is 17.2 Å². The molecule has 0 aromatic rings. The molecule has 0 aromatic heterocycles. The zero-order chi connectivity index (χ0) is 20.7. The van der Waals surface area contributed by atoms with E-state index < -0.39 is 14.5 Å². The summed E-state index contributed by atoms with van der Waals surface area (Å²) < 4.78 is 78.0. The Balaban J connectivity index is -0.000000113. The van der Waals surface area contributed by atoms with Gasteiger partial charge in [0.1, 0.15) is 0 Å². The third-order valence-corrected chi connectivity index (χ3v) is 4.62. The van der Waals surface area contributed by atoms with Gasteiger partial charge in [-0.25, -0.2) is 0 Å². The molecule has 0 unspecified atom stereocenters. The first-order valence-electron chi connectivity index (χ1n) is 7.70. The van der Waals surface area contributed by atoms with Gasteiger partial charge in [-0.1, -0.05) is 0 Å². The summed E-state index contributed by atoms with van der Waals surface area (Å²) >= 11 is 0. The smallest absolute Gasteiger partial charge is 0.418 e. The van der Waals surface area contributed by atoms with E-state index in [-0.39, 0.29) is 0 Å². The van der Waals surface area contributed by atoms with Crippen molar-refractivity contribution in [3.05, 3.63) is 0 Å². The van der Waals surface area contributed by atoms with E-state index in [1.165, 1.54) is 0 Å². The second-order valence-corrected chi connectivity index (χ2v) is 12.5. The quantitative estimate of drug-likeness (QED) is 0.264. The van der Waals surface area contributed by atoms with Crippen LogP contribution in [0.3, 0.4) is 0 Å². The van der Waals surface area contributed by atoms with Crippen LogP contribution in [-0.4, -0.2) is 37.1 Å². The SMILES string of the molecule is CC(C)[PH2+]C(C)C.CC(C)[PH2+]C(C)C.F[B-](F)(F)F.F[B-](F)(F)F. The van der Waals surface area contributed by atoms with Crippen molar-refractivity contribution in [2.24, 2.45) is 0 Å². The molecule has 0 amide bonds. The first-order valence-corrected chi connectivity index (χ1v) is 10.4. The lowest BCUT2D eigenvalue weighted by Crippen LogP contribution is -2.02. The van der Waals surface area contributed by atoms with Crippen LogP contribution < -0.4 is 0 Å². The molecule has 0 rings (SSSR count). The molecule has 0 fully saturated rings. The normalized spacial score (nSPS) is 11.5. The molecule has 24 heavy (non-hydrogen) atoms. The molecular weight excluding hydrogens is 380 g/mol. The Kier molecular flexibility index (Phi) is 22.6. The van der Waals surface area contributed by atoms with Gasteiger partial charge in [0.2, 0.25) is 0 Å². The standard InChI is InChI=1S/2C6H15P.2BF4/c2*1-5(2)7-6(3)4;2*2-1(3,4)5/h2*5-7H,1-4H3;;/q;;2*-1/p+2. The Morgan fingerprint density at radius 2 is 0.500 bits per heavy atom. The molecule has 0 saturated carbocycles. The topological polar surface area (TPSA) is 0 Å². The minimum absolute atomic E-state index is 0.713. The van der Waals surface area contributed by atoms with E-state index in [1.54, 1.807) is 0 Å². The molecule has 152 valence electrons. The zero-order valence-electron chi connectivity index (χ0n) is 15.6. The van der Waals surface area contributed by atoms with Crippen molar-refractivity contribution in [3.8, 4) is 0 Å². The molecule has 0 aliphatic carbocycles. The lowest BCUT2D eigenvalue weighted by Gasteiger charge is -1.98. The predicted octanol–water partition coefficient (Wildman–Crippen LogP) is 7.03. The van der Waals surface area contributed by atoms with Crippen LogP contribution in [0.1, 0.15) is 55.4 Å². The fraction of sp³-hybridized carbons (Fsp3) is 1.00. The van der Waals surface area contributed by atoms with E-state index in [2.05, 4.69) is 55.4 Å². The summed E-state index contributed by atoms with van der Waals surface area (Å²) in [6, 6.07) is 0. The molecule has 12 heteroatoms. The van der Waals surface area contributed by atoms with E-state index >= 15 is 0 Å². The number of hydrogen-bond donors (Lipinski definition) is 0. The van der Waals surface area contributed by atoms with Crippen molar-refractivity contribution in [1.82, 2.24) is 0 Å². The molecule has 0 saturated heterocycles. The van der Waals surface area contributed by atoms with E-state index in [9.17, 15) is 34.5 Å². The van der Waals surface area contributed by atoms with Gasteiger partial charge in [-0.3, -0.25) is 0 Å². The van der Waals surface area contributed by atoms with E-state index in [0.717, 1.165) is 22.6 Å². The lowest BCUT2D eigenvalue weighted by atomic mass is 10.3. The molecule has 0 N–H and O–H groups in total. The molecule has 0 heterocycles. The van der Waals surface area contributed by atoms with Crippen molar-refractivity contribution in [2.45, 2.75) is 78.0 Å². The van der Waals surface area contributed by atoms with E-state index in [4.69, 9.17) is 0 Å². The number of hydrogen-bond acceptors (Lipinski definition) is 0. The van der Waals surface area contributed by atoms with Crippen molar-refractivity contribution in [3.63, 3.8) is 0 Å². The highest BCUT2D eigenvalue weighted by molar-refractivity contribution is 7.39. The minimum Gasteiger partial charge on any atom is -0.418 e. The summed E-state index contributed by atoms with van der Waals surface area (Å²) in [4.78, 5) is 0. The van der Waals surface area contributed by atoms with Crippen LogP contribution in [0.4, 0.5) is 34.5 Å². The van der Waals surface area contributed by atoms with Crippen molar-refractivity contribution < 1.29 is 34.5 Å². The molecular formula is C12H32B2F8P2. The summed E-state index contributed by atoms with van der Waals surface area (Å²) in [5.41, 5.74) is 3.83. The van der Waals surface area contributed by atoms with Gasteiger partial charge >= 0.3 is 14.5 Å². The van der Waals surface area contributed by atoms with Gasteiger partial charge in [0, 0.05) is 0 Å². The molecule has 0 aliphatic rings. The maximum atomic E-state index is 9.75. The molecule has 0 aromatic carbocycles. The number of halogens is 8. The first kappa shape index (κ1) is 32.1. The van der Waals surface area contributed by atoms with Gasteiger partial charge in [-0.2, -0.15) is 0 Å². The first-order chi connectivity index (χ1) is 10.3. The highest BCUT2D eigenvalue weighted by Gasteiger charge is 2.21. The monoisotopic (exact) mass is 412 g/mol. The highest BCUT2D eigenvalue weighted by Crippen LogP contribution is 2.23. The maximum absolute atomic E-state index is 9.75. The fourth-order valence-corrected chi connectivity index (χ4v) is 4.62. The van der Waals surface area contributed by atoms with Crippen LogP contribution in [0, 0.1) is 0 Å². The highest BCUT2D eigenvalue weighted by atomic mass is 31.1.